The molecular formula is C21H26N4O3. The number of hydrogen-bond donors (Lipinski definition) is 2. The first kappa shape index (κ1) is 17.8. The number of nitrogens with zero attached hydrogens (tertiary/aromatic N) is 2. The zero-order chi connectivity index (χ0) is 19.4. The van der Waals surface area contributed by atoms with Crippen LogP contribution in [0.1, 0.15) is 40.7 Å². The van der Waals surface area contributed by atoms with E-state index in [2.05, 4.69) is 16.3 Å². The van der Waals surface area contributed by atoms with E-state index in [0.717, 1.165) is 43.6 Å². The monoisotopic (exact) mass is 382 g/mol. The van der Waals surface area contributed by atoms with Crippen LogP contribution in [-0.4, -0.2) is 53.2 Å². The van der Waals surface area contributed by atoms with E-state index < -0.39 is 6.04 Å². The molecule has 1 aromatic carbocycles. The molecule has 3 amide bonds. The molecule has 0 spiro atoms. The number of piperidine rings is 1. The highest BCUT2D eigenvalue weighted by Crippen LogP contribution is 2.45. The van der Waals surface area contributed by atoms with Crippen LogP contribution in [0.4, 0.5) is 0 Å². The van der Waals surface area contributed by atoms with E-state index in [1.807, 2.05) is 12.1 Å². The molecule has 148 valence electrons. The fourth-order valence-electron chi connectivity index (χ4n) is 5.52. The number of hydrogen-bond acceptors (Lipinski definition) is 5. The molecule has 2 saturated heterocycles. The minimum atomic E-state index is -0.552. The third-order valence-corrected chi connectivity index (χ3v) is 7.08. The van der Waals surface area contributed by atoms with E-state index in [9.17, 15) is 14.4 Å². The summed E-state index contributed by atoms with van der Waals surface area (Å²) in [5, 5.41) is 2.35. The summed E-state index contributed by atoms with van der Waals surface area (Å²) >= 11 is 0. The van der Waals surface area contributed by atoms with Crippen molar-refractivity contribution < 1.29 is 14.4 Å². The van der Waals surface area contributed by atoms with Crippen LogP contribution < -0.4 is 11.1 Å². The minimum absolute atomic E-state index is 0.110. The molecule has 7 heteroatoms. The molecule has 0 radical (unpaired) electrons. The summed E-state index contributed by atoms with van der Waals surface area (Å²) in [6.45, 7) is 4.38. The highest BCUT2D eigenvalue weighted by atomic mass is 16.2. The van der Waals surface area contributed by atoms with Gasteiger partial charge in [-0.05, 0) is 54.3 Å². The van der Waals surface area contributed by atoms with Crippen molar-refractivity contribution in [2.45, 2.75) is 38.4 Å². The molecule has 3 N–H and O–H groups in total. The lowest BCUT2D eigenvalue weighted by atomic mass is 9.67. The van der Waals surface area contributed by atoms with Gasteiger partial charge >= 0.3 is 0 Å². The Labute approximate surface area is 164 Å². The molecule has 4 aliphatic rings. The molecule has 3 aliphatic heterocycles. The Kier molecular flexibility index (Phi) is 4.25. The molecule has 0 bridgehead atoms. The summed E-state index contributed by atoms with van der Waals surface area (Å²) in [5.74, 6) is 1.51. The molecule has 1 saturated carbocycles. The topological polar surface area (TPSA) is 95.7 Å². The molecule has 5 rings (SSSR count). The van der Waals surface area contributed by atoms with E-state index >= 15 is 0 Å². The molecule has 28 heavy (non-hydrogen) atoms. The van der Waals surface area contributed by atoms with Gasteiger partial charge in [0.2, 0.25) is 11.8 Å². The average molecular weight is 382 g/mol. The van der Waals surface area contributed by atoms with E-state index in [4.69, 9.17) is 5.73 Å². The quantitative estimate of drug-likeness (QED) is 0.739. The molecule has 1 unspecified atom stereocenters. The first-order chi connectivity index (χ1) is 13.5. The van der Waals surface area contributed by atoms with E-state index in [1.54, 1.807) is 4.90 Å². The number of nitrogens with one attached hydrogen (secondary N) is 1. The predicted molar refractivity (Wildman–Crippen MR) is 102 cm³/mol. The van der Waals surface area contributed by atoms with Crippen LogP contribution in [0.2, 0.25) is 0 Å². The number of likely N-dealkylation sites (tertiary alicyclic amines) is 1. The normalized spacial score (nSPS) is 32.2. The van der Waals surface area contributed by atoms with Crippen LogP contribution in [0.3, 0.4) is 0 Å². The van der Waals surface area contributed by atoms with Crippen molar-refractivity contribution in [2.24, 2.45) is 23.5 Å². The lowest BCUT2D eigenvalue weighted by Crippen LogP contribution is -2.52. The maximum atomic E-state index is 12.8. The first-order valence-corrected chi connectivity index (χ1v) is 10.2. The molecule has 3 heterocycles. The van der Waals surface area contributed by atoms with E-state index in [-0.39, 0.29) is 24.1 Å². The van der Waals surface area contributed by atoms with E-state index in [0.29, 0.717) is 24.4 Å². The van der Waals surface area contributed by atoms with Crippen molar-refractivity contribution >= 4 is 17.7 Å². The molecular weight excluding hydrogens is 356 g/mol. The predicted octanol–water partition coefficient (Wildman–Crippen LogP) is 0.474. The van der Waals surface area contributed by atoms with Crippen LogP contribution in [0.5, 0.6) is 0 Å². The Morgan fingerprint density at radius 3 is 2.82 bits per heavy atom. The lowest BCUT2D eigenvalue weighted by molar-refractivity contribution is -0.136. The molecule has 7 nitrogen and oxygen atoms in total. The maximum Gasteiger partial charge on any atom is 0.255 e. The van der Waals surface area contributed by atoms with Crippen LogP contribution >= 0.6 is 0 Å². The summed E-state index contributed by atoms with van der Waals surface area (Å²) in [7, 11) is 0. The second-order valence-electron chi connectivity index (χ2n) is 8.74. The number of amides is 3. The number of rotatable bonds is 4. The van der Waals surface area contributed by atoms with Crippen molar-refractivity contribution in [2.75, 3.05) is 19.6 Å². The van der Waals surface area contributed by atoms with Gasteiger partial charge in [0.15, 0.2) is 0 Å². The van der Waals surface area contributed by atoms with Gasteiger partial charge in [0.1, 0.15) is 6.04 Å². The van der Waals surface area contributed by atoms with Crippen molar-refractivity contribution in [1.82, 2.24) is 15.1 Å². The SMILES string of the molecule is NC[C@@H]1C[C@H]2CN(Cc3ccc4c(c3)CN(C3CCC(=O)NC3=O)C4=O)C[C@@H]12. The van der Waals surface area contributed by atoms with Crippen molar-refractivity contribution in [3.05, 3.63) is 34.9 Å². The van der Waals surface area contributed by atoms with E-state index in [1.165, 1.54) is 12.0 Å². The van der Waals surface area contributed by atoms with Crippen molar-refractivity contribution in [3.63, 3.8) is 0 Å². The second kappa shape index (κ2) is 6.67. The van der Waals surface area contributed by atoms with Gasteiger partial charge in [0.05, 0.1) is 0 Å². The Bertz CT molecular complexity index is 854. The van der Waals surface area contributed by atoms with Gasteiger partial charge in [-0.1, -0.05) is 12.1 Å². The first-order valence-electron chi connectivity index (χ1n) is 10.2. The van der Waals surface area contributed by atoms with Crippen LogP contribution in [0.15, 0.2) is 18.2 Å². The summed E-state index contributed by atoms with van der Waals surface area (Å²) in [6, 6.07) is 5.49. The Hall–Kier alpha value is -2.25. The zero-order valence-electron chi connectivity index (χ0n) is 15.9. The Morgan fingerprint density at radius 2 is 2.04 bits per heavy atom. The third kappa shape index (κ3) is 2.84. The molecule has 3 fully saturated rings. The summed E-state index contributed by atoms with van der Waals surface area (Å²) in [6.07, 6.45) is 1.94. The molecule has 0 aromatic heterocycles. The second-order valence-corrected chi connectivity index (χ2v) is 8.74. The fraction of sp³-hybridized carbons (Fsp3) is 0.571. The summed E-state index contributed by atoms with van der Waals surface area (Å²) < 4.78 is 0. The van der Waals surface area contributed by atoms with Gasteiger partial charge in [-0.15, -0.1) is 0 Å². The zero-order valence-corrected chi connectivity index (χ0v) is 15.9. The van der Waals surface area contributed by atoms with Crippen molar-refractivity contribution in [1.29, 1.82) is 0 Å². The fourth-order valence-corrected chi connectivity index (χ4v) is 5.52. The highest BCUT2D eigenvalue weighted by Gasteiger charge is 2.46. The number of nitrogens with two attached hydrogens (primary N) is 1. The Balaban J connectivity index is 1.27. The molecule has 1 aromatic rings. The van der Waals surface area contributed by atoms with Gasteiger partial charge in [-0.2, -0.15) is 0 Å². The minimum Gasteiger partial charge on any atom is -0.330 e. The van der Waals surface area contributed by atoms with Gasteiger partial charge < -0.3 is 10.6 Å². The van der Waals surface area contributed by atoms with Crippen LogP contribution in [0, 0.1) is 17.8 Å². The summed E-state index contributed by atoms with van der Waals surface area (Å²) in [4.78, 5) is 40.4. The van der Waals surface area contributed by atoms with Crippen LogP contribution in [0.25, 0.3) is 0 Å². The molecule has 4 atom stereocenters. The maximum absolute atomic E-state index is 12.8. The average Bonchev–Trinajstić information content (AvgIpc) is 3.14. The Morgan fingerprint density at radius 1 is 1.18 bits per heavy atom. The lowest BCUT2D eigenvalue weighted by Gasteiger charge is -2.38. The number of carbonyl (C=O) groups excluding carboxylic acids is 3. The van der Waals surface area contributed by atoms with Crippen LogP contribution in [-0.2, 0) is 22.7 Å². The number of fused-ring (bicyclic) bond motifs is 2. The standard InChI is InChI=1S/C21H26N4O3/c22-7-13-6-15-9-24(11-17(13)15)8-12-1-2-16-14(5-12)10-25(21(16)28)18-3-4-19(26)23-20(18)27/h1-2,5,13,15,17-18H,3-4,6-11,22H2,(H,23,26,27)/t13-,15-,17-,18?/m0/s1. The number of carbonyl (C=O) groups is 3. The number of benzene rings is 1. The van der Waals surface area contributed by atoms with Crippen molar-refractivity contribution in [3.8, 4) is 0 Å². The van der Waals surface area contributed by atoms with Gasteiger partial charge in [0, 0.05) is 38.2 Å². The third-order valence-electron chi connectivity index (χ3n) is 7.08. The smallest absolute Gasteiger partial charge is 0.255 e. The number of imide groups is 1. The highest BCUT2D eigenvalue weighted by molar-refractivity contribution is 6.05. The molecule has 1 aliphatic carbocycles. The largest absolute Gasteiger partial charge is 0.330 e. The summed E-state index contributed by atoms with van der Waals surface area (Å²) in [5.41, 5.74) is 8.72. The van der Waals surface area contributed by atoms with Gasteiger partial charge in [-0.25, -0.2) is 0 Å². The van der Waals surface area contributed by atoms with Gasteiger partial charge in [-0.3, -0.25) is 24.6 Å². The van der Waals surface area contributed by atoms with Gasteiger partial charge in [0.25, 0.3) is 5.91 Å².